The smallest absolute Gasteiger partial charge is 0.134 e. The minimum atomic E-state index is -0.00927. The first kappa shape index (κ1) is 17.5. The fourth-order valence-corrected chi connectivity index (χ4v) is 4.27. The maximum atomic E-state index is 11.1. The Hall–Kier alpha value is -2.92. The second kappa shape index (κ2) is 6.35. The van der Waals surface area contributed by atoms with Gasteiger partial charge in [-0.1, -0.05) is 24.3 Å². The highest BCUT2D eigenvalue weighted by Gasteiger charge is 2.27. The van der Waals surface area contributed by atoms with Crippen LogP contribution >= 0.6 is 0 Å². The Bertz CT molecular complexity index is 1040. The first-order valence-corrected chi connectivity index (χ1v) is 9.05. The molecule has 2 atom stereocenters. The van der Waals surface area contributed by atoms with Crippen molar-refractivity contribution in [3.8, 4) is 34.1 Å². The number of hydrogen-bond donors (Lipinski definition) is 4. The maximum Gasteiger partial charge on any atom is 0.134 e. The average molecular weight is 365 g/mol. The van der Waals surface area contributed by atoms with Gasteiger partial charge < -0.3 is 25.4 Å². The van der Waals surface area contributed by atoms with E-state index in [1.165, 1.54) is 13.2 Å². The van der Waals surface area contributed by atoms with Gasteiger partial charge in [0, 0.05) is 40.2 Å². The third kappa shape index (κ3) is 2.66. The van der Waals surface area contributed by atoms with Crippen molar-refractivity contribution >= 4 is 10.8 Å². The summed E-state index contributed by atoms with van der Waals surface area (Å²) in [4.78, 5) is 0. The van der Waals surface area contributed by atoms with Gasteiger partial charge in [0.1, 0.15) is 23.0 Å². The van der Waals surface area contributed by atoms with Crippen molar-refractivity contribution in [1.29, 1.82) is 0 Å². The summed E-state index contributed by atoms with van der Waals surface area (Å²) in [5.74, 6) is 0.590. The zero-order valence-electron chi connectivity index (χ0n) is 15.6. The molecule has 4 rings (SSSR count). The van der Waals surface area contributed by atoms with Crippen molar-refractivity contribution in [3.05, 3.63) is 47.5 Å². The lowest BCUT2D eigenvalue weighted by Crippen LogP contribution is -2.36. The summed E-state index contributed by atoms with van der Waals surface area (Å²) in [5, 5.41) is 36.7. The second-order valence-electron chi connectivity index (χ2n) is 7.20. The molecule has 1 aliphatic rings. The molecule has 0 radical (unpaired) electrons. The largest absolute Gasteiger partial charge is 0.507 e. The Morgan fingerprint density at radius 3 is 2.56 bits per heavy atom. The van der Waals surface area contributed by atoms with E-state index in [0.717, 1.165) is 17.5 Å². The van der Waals surface area contributed by atoms with Gasteiger partial charge in [0.15, 0.2) is 0 Å². The van der Waals surface area contributed by atoms with E-state index in [0.29, 0.717) is 33.7 Å². The van der Waals surface area contributed by atoms with E-state index in [9.17, 15) is 15.3 Å². The summed E-state index contributed by atoms with van der Waals surface area (Å²) in [5.41, 5.74) is 2.98. The molecule has 5 heteroatoms. The van der Waals surface area contributed by atoms with Crippen LogP contribution in [-0.4, -0.2) is 28.5 Å². The molecule has 4 N–H and O–H groups in total. The Balaban J connectivity index is 2.03. The molecule has 0 spiro atoms. The van der Waals surface area contributed by atoms with Crippen LogP contribution in [0.25, 0.3) is 21.9 Å². The number of nitrogens with one attached hydrogen (secondary N) is 1. The normalized spacial score (nSPS) is 19.1. The molecule has 0 aliphatic carbocycles. The van der Waals surface area contributed by atoms with E-state index < -0.39 is 0 Å². The molecule has 5 nitrogen and oxygen atoms in total. The summed E-state index contributed by atoms with van der Waals surface area (Å²) in [6.45, 7) is 4.14. The Labute approximate surface area is 157 Å². The predicted molar refractivity (Wildman–Crippen MR) is 106 cm³/mol. The van der Waals surface area contributed by atoms with Crippen LogP contribution < -0.4 is 10.1 Å². The van der Waals surface area contributed by atoms with Crippen molar-refractivity contribution in [1.82, 2.24) is 5.32 Å². The van der Waals surface area contributed by atoms with Crippen molar-refractivity contribution in [3.63, 3.8) is 0 Å². The standard InChI is InChI=1S/C22H23NO4/c1-11-9-13-7-8-15(22(26)19(13)12(2)23-11)20-14-5-4-6-16(24)21(14)18(27-3)10-17(20)25/h4-8,10-12,23-26H,9H2,1-3H3/t11-,12-/m1/s1. The Kier molecular flexibility index (Phi) is 4.12. The molecule has 0 unspecified atom stereocenters. The molecule has 1 aliphatic heterocycles. The monoisotopic (exact) mass is 365 g/mol. The topological polar surface area (TPSA) is 82.0 Å². The van der Waals surface area contributed by atoms with Gasteiger partial charge in [-0.05, 0) is 31.9 Å². The van der Waals surface area contributed by atoms with E-state index in [-0.39, 0.29) is 23.3 Å². The molecular weight excluding hydrogens is 342 g/mol. The molecule has 3 aromatic carbocycles. The van der Waals surface area contributed by atoms with E-state index in [1.54, 1.807) is 18.2 Å². The molecule has 1 heterocycles. The van der Waals surface area contributed by atoms with Gasteiger partial charge in [0.05, 0.1) is 12.5 Å². The van der Waals surface area contributed by atoms with Crippen molar-refractivity contribution in [2.75, 3.05) is 7.11 Å². The average Bonchev–Trinajstić information content (AvgIpc) is 2.61. The van der Waals surface area contributed by atoms with Gasteiger partial charge >= 0.3 is 0 Å². The highest BCUT2D eigenvalue weighted by molar-refractivity contribution is 6.06. The summed E-state index contributed by atoms with van der Waals surface area (Å²) in [7, 11) is 1.49. The number of phenolic OH excluding ortho intramolecular Hbond substituents is 3. The summed E-state index contributed by atoms with van der Waals surface area (Å²) in [6.07, 6.45) is 0.837. The quantitative estimate of drug-likeness (QED) is 0.546. The SMILES string of the molecule is COc1cc(O)c(-c2ccc3c(c2O)[C@@H](C)N[C@H](C)C3)c2cccc(O)c12. The highest BCUT2D eigenvalue weighted by atomic mass is 16.5. The van der Waals surface area contributed by atoms with Gasteiger partial charge in [-0.3, -0.25) is 0 Å². The third-order valence-corrected chi connectivity index (χ3v) is 5.37. The van der Waals surface area contributed by atoms with Crippen LogP contribution in [0.15, 0.2) is 36.4 Å². The van der Waals surface area contributed by atoms with Gasteiger partial charge in [-0.15, -0.1) is 0 Å². The molecule has 140 valence electrons. The molecule has 0 bridgehead atoms. The molecular formula is C22H23NO4. The molecule has 0 saturated heterocycles. The molecule has 0 fully saturated rings. The lowest BCUT2D eigenvalue weighted by Gasteiger charge is -2.30. The van der Waals surface area contributed by atoms with Crippen LogP contribution in [0, 0.1) is 0 Å². The summed E-state index contributed by atoms with van der Waals surface area (Å²) in [6, 6.07) is 10.7. The van der Waals surface area contributed by atoms with E-state index in [2.05, 4.69) is 12.2 Å². The second-order valence-corrected chi connectivity index (χ2v) is 7.20. The van der Waals surface area contributed by atoms with E-state index in [4.69, 9.17) is 4.74 Å². The maximum absolute atomic E-state index is 11.1. The Morgan fingerprint density at radius 1 is 1.04 bits per heavy atom. The van der Waals surface area contributed by atoms with Crippen LogP contribution in [0.5, 0.6) is 23.0 Å². The molecule has 27 heavy (non-hydrogen) atoms. The minimum Gasteiger partial charge on any atom is -0.507 e. The van der Waals surface area contributed by atoms with Gasteiger partial charge in [0.2, 0.25) is 0 Å². The van der Waals surface area contributed by atoms with Gasteiger partial charge in [0.25, 0.3) is 0 Å². The van der Waals surface area contributed by atoms with Crippen molar-refractivity contribution in [2.45, 2.75) is 32.4 Å². The molecule has 0 saturated carbocycles. The first-order chi connectivity index (χ1) is 12.9. The fourth-order valence-electron chi connectivity index (χ4n) is 4.27. The lowest BCUT2D eigenvalue weighted by atomic mass is 9.86. The molecule has 0 amide bonds. The number of ether oxygens (including phenoxy) is 1. The van der Waals surface area contributed by atoms with Gasteiger partial charge in [-0.25, -0.2) is 0 Å². The number of hydrogen-bond acceptors (Lipinski definition) is 5. The molecule has 0 aromatic heterocycles. The summed E-state index contributed by atoms with van der Waals surface area (Å²) < 4.78 is 5.34. The van der Waals surface area contributed by atoms with Crippen LogP contribution in [-0.2, 0) is 6.42 Å². The van der Waals surface area contributed by atoms with E-state index >= 15 is 0 Å². The van der Waals surface area contributed by atoms with Crippen LogP contribution in [0.1, 0.15) is 31.0 Å². The zero-order chi connectivity index (χ0) is 19.3. The van der Waals surface area contributed by atoms with Crippen LogP contribution in [0.4, 0.5) is 0 Å². The van der Waals surface area contributed by atoms with Crippen molar-refractivity contribution < 1.29 is 20.1 Å². The third-order valence-electron chi connectivity index (χ3n) is 5.37. The minimum absolute atomic E-state index is 0.00348. The number of fused-ring (bicyclic) bond motifs is 2. The predicted octanol–water partition coefficient (Wildman–Crippen LogP) is 4.23. The molecule has 3 aromatic rings. The number of benzene rings is 3. The number of aromatic hydroxyl groups is 3. The van der Waals surface area contributed by atoms with Crippen LogP contribution in [0.2, 0.25) is 0 Å². The number of rotatable bonds is 2. The van der Waals surface area contributed by atoms with Crippen LogP contribution in [0.3, 0.4) is 0 Å². The fraction of sp³-hybridized carbons (Fsp3) is 0.273. The lowest BCUT2D eigenvalue weighted by molar-refractivity contribution is 0.407. The van der Waals surface area contributed by atoms with Crippen molar-refractivity contribution in [2.24, 2.45) is 0 Å². The first-order valence-electron chi connectivity index (χ1n) is 9.05. The number of phenols is 3. The van der Waals surface area contributed by atoms with E-state index in [1.807, 2.05) is 19.1 Å². The highest BCUT2D eigenvalue weighted by Crippen LogP contribution is 2.49. The van der Waals surface area contributed by atoms with Gasteiger partial charge in [-0.2, -0.15) is 0 Å². The zero-order valence-corrected chi connectivity index (χ0v) is 15.6. The summed E-state index contributed by atoms with van der Waals surface area (Å²) >= 11 is 0. The number of methoxy groups -OCH3 is 1. The Morgan fingerprint density at radius 2 is 1.81 bits per heavy atom.